The van der Waals surface area contributed by atoms with E-state index in [2.05, 4.69) is 17.1 Å². The van der Waals surface area contributed by atoms with Gasteiger partial charge in [0.15, 0.2) is 0 Å². The third-order valence-electron chi connectivity index (χ3n) is 2.52. The van der Waals surface area contributed by atoms with Crippen LogP contribution in [0, 0.1) is 5.92 Å². The predicted molar refractivity (Wildman–Crippen MR) is 66.2 cm³/mol. The summed E-state index contributed by atoms with van der Waals surface area (Å²) in [5.41, 5.74) is 0. The molecule has 1 rings (SSSR count). The molecule has 5 nitrogen and oxygen atoms in total. The van der Waals surface area contributed by atoms with E-state index in [4.69, 9.17) is 21.1 Å². The molecule has 0 N–H and O–H groups in total. The van der Waals surface area contributed by atoms with Crippen molar-refractivity contribution in [2.24, 2.45) is 5.92 Å². The van der Waals surface area contributed by atoms with Crippen molar-refractivity contribution < 1.29 is 9.47 Å². The summed E-state index contributed by atoms with van der Waals surface area (Å²) in [5.74, 6) is 2.52. The maximum atomic E-state index is 5.83. The van der Waals surface area contributed by atoms with Gasteiger partial charge in [-0.05, 0) is 5.92 Å². The molecule has 1 unspecified atom stereocenters. The smallest absolute Gasteiger partial charge is 0.148 e. The molecule has 0 aliphatic heterocycles. The minimum atomic E-state index is 0.370. The van der Waals surface area contributed by atoms with Crippen molar-refractivity contribution in [3.05, 3.63) is 11.6 Å². The molecule has 0 aromatic carbocycles. The minimum absolute atomic E-state index is 0.370. The average Bonchev–Trinajstić information content (AvgIpc) is 2.69. The number of aromatic nitrogens is 3. The van der Waals surface area contributed by atoms with Crippen LogP contribution in [0.1, 0.15) is 18.6 Å². The van der Waals surface area contributed by atoms with Gasteiger partial charge in [-0.2, -0.15) is 0 Å². The Morgan fingerprint density at radius 1 is 1.24 bits per heavy atom. The molecule has 0 spiro atoms. The number of methoxy groups -OCH3 is 2. The lowest BCUT2D eigenvalue weighted by molar-refractivity contribution is 0.157. The van der Waals surface area contributed by atoms with Gasteiger partial charge < -0.3 is 14.0 Å². The van der Waals surface area contributed by atoms with E-state index in [-0.39, 0.29) is 0 Å². The number of halogens is 1. The number of ether oxygens (including phenoxy) is 2. The van der Waals surface area contributed by atoms with Crippen LogP contribution in [0.2, 0.25) is 0 Å². The van der Waals surface area contributed by atoms with Crippen LogP contribution in [0.15, 0.2) is 0 Å². The first-order valence-electron chi connectivity index (χ1n) is 5.67. The summed E-state index contributed by atoms with van der Waals surface area (Å²) >= 11 is 5.83. The second-order valence-electron chi connectivity index (χ2n) is 4.08. The molecule has 0 saturated heterocycles. The SMILES string of the molecule is COCCn1c(CCl)nnc1CC(C)COC. The van der Waals surface area contributed by atoms with Crippen molar-refractivity contribution in [1.29, 1.82) is 0 Å². The van der Waals surface area contributed by atoms with Gasteiger partial charge in [0.25, 0.3) is 0 Å². The zero-order valence-corrected chi connectivity index (χ0v) is 11.4. The summed E-state index contributed by atoms with van der Waals surface area (Å²) in [4.78, 5) is 0. The largest absolute Gasteiger partial charge is 0.384 e. The highest BCUT2D eigenvalue weighted by Gasteiger charge is 2.13. The molecule has 17 heavy (non-hydrogen) atoms. The summed E-state index contributed by atoms with van der Waals surface area (Å²) in [7, 11) is 3.38. The fourth-order valence-electron chi connectivity index (χ4n) is 1.72. The number of hydrogen-bond donors (Lipinski definition) is 0. The Hall–Kier alpha value is -0.650. The van der Waals surface area contributed by atoms with Crippen molar-refractivity contribution >= 4 is 11.6 Å². The van der Waals surface area contributed by atoms with E-state index < -0.39 is 0 Å². The lowest BCUT2D eigenvalue weighted by Gasteiger charge is -2.12. The predicted octanol–water partition coefficient (Wildman–Crippen LogP) is 1.49. The third kappa shape index (κ3) is 4.26. The van der Waals surface area contributed by atoms with Gasteiger partial charge in [0.2, 0.25) is 0 Å². The van der Waals surface area contributed by atoms with E-state index >= 15 is 0 Å². The van der Waals surface area contributed by atoms with Crippen LogP contribution in [0.5, 0.6) is 0 Å². The van der Waals surface area contributed by atoms with Crippen LogP contribution < -0.4 is 0 Å². The summed E-state index contributed by atoms with van der Waals surface area (Å²) in [6, 6.07) is 0. The Morgan fingerprint density at radius 2 is 1.94 bits per heavy atom. The quantitative estimate of drug-likeness (QED) is 0.666. The molecule has 6 heteroatoms. The van der Waals surface area contributed by atoms with Gasteiger partial charge in [0, 0.05) is 33.8 Å². The van der Waals surface area contributed by atoms with Crippen LogP contribution in [0.3, 0.4) is 0 Å². The van der Waals surface area contributed by atoms with Gasteiger partial charge in [-0.25, -0.2) is 0 Å². The van der Waals surface area contributed by atoms with E-state index in [1.165, 1.54) is 0 Å². The van der Waals surface area contributed by atoms with Crippen LogP contribution >= 0.6 is 11.6 Å². The van der Waals surface area contributed by atoms with Crippen molar-refractivity contribution in [1.82, 2.24) is 14.8 Å². The third-order valence-corrected chi connectivity index (χ3v) is 2.76. The molecule has 0 bridgehead atoms. The summed E-state index contributed by atoms with van der Waals surface area (Å²) in [6.07, 6.45) is 0.835. The average molecular weight is 262 g/mol. The van der Waals surface area contributed by atoms with Crippen LogP contribution in [-0.4, -0.2) is 42.2 Å². The highest BCUT2D eigenvalue weighted by atomic mass is 35.5. The number of hydrogen-bond acceptors (Lipinski definition) is 4. The van der Waals surface area contributed by atoms with Crippen LogP contribution in [0.25, 0.3) is 0 Å². The van der Waals surface area contributed by atoms with Gasteiger partial charge in [0.05, 0.1) is 12.5 Å². The Labute approximate surface area is 107 Å². The fourth-order valence-corrected chi connectivity index (χ4v) is 1.92. The normalized spacial score (nSPS) is 12.9. The number of nitrogens with zero attached hydrogens (tertiary/aromatic N) is 3. The van der Waals surface area contributed by atoms with E-state index in [1.807, 2.05) is 4.57 Å². The molecule has 0 aliphatic rings. The summed E-state index contributed by atoms with van der Waals surface area (Å²) < 4.78 is 12.2. The molecule has 1 aromatic rings. The lowest BCUT2D eigenvalue weighted by atomic mass is 10.1. The summed E-state index contributed by atoms with van der Waals surface area (Å²) in [5, 5.41) is 8.26. The fraction of sp³-hybridized carbons (Fsp3) is 0.818. The standard InChI is InChI=1S/C11H20ClN3O2/c1-9(8-17-3)6-10-13-14-11(7-12)15(10)4-5-16-2/h9H,4-8H2,1-3H3. The van der Waals surface area contributed by atoms with Crippen molar-refractivity contribution in [2.75, 3.05) is 27.4 Å². The monoisotopic (exact) mass is 261 g/mol. The highest BCUT2D eigenvalue weighted by molar-refractivity contribution is 6.16. The molecule has 0 amide bonds. The molecule has 0 radical (unpaired) electrons. The van der Waals surface area contributed by atoms with E-state index in [1.54, 1.807) is 14.2 Å². The number of alkyl halides is 1. The minimum Gasteiger partial charge on any atom is -0.384 e. The molecule has 0 aliphatic carbocycles. The Morgan fingerprint density at radius 3 is 2.53 bits per heavy atom. The highest BCUT2D eigenvalue weighted by Crippen LogP contribution is 2.10. The van der Waals surface area contributed by atoms with Gasteiger partial charge in [-0.1, -0.05) is 6.92 Å². The van der Waals surface area contributed by atoms with Gasteiger partial charge >= 0.3 is 0 Å². The lowest BCUT2D eigenvalue weighted by Crippen LogP contribution is -2.15. The first-order valence-corrected chi connectivity index (χ1v) is 6.21. The second kappa shape index (κ2) is 7.63. The topological polar surface area (TPSA) is 49.2 Å². The second-order valence-corrected chi connectivity index (χ2v) is 4.34. The molecule has 1 heterocycles. The zero-order chi connectivity index (χ0) is 12.7. The van der Waals surface area contributed by atoms with Gasteiger partial charge in [-0.3, -0.25) is 0 Å². The molecule has 1 atom stereocenters. The van der Waals surface area contributed by atoms with E-state index in [0.29, 0.717) is 25.0 Å². The van der Waals surface area contributed by atoms with Crippen molar-refractivity contribution in [2.45, 2.75) is 25.8 Å². The Balaban J connectivity index is 2.72. The number of rotatable bonds is 8. The first kappa shape index (κ1) is 14.4. The van der Waals surface area contributed by atoms with Crippen molar-refractivity contribution in [3.8, 4) is 0 Å². The Bertz CT molecular complexity index is 331. The molecular formula is C11H20ClN3O2. The maximum absolute atomic E-state index is 5.83. The summed E-state index contributed by atoms with van der Waals surface area (Å²) in [6.45, 7) is 4.21. The van der Waals surface area contributed by atoms with Gasteiger partial charge in [0.1, 0.15) is 11.6 Å². The van der Waals surface area contributed by atoms with E-state index in [0.717, 1.165) is 24.6 Å². The molecular weight excluding hydrogens is 242 g/mol. The Kier molecular flexibility index (Phi) is 6.47. The first-order chi connectivity index (χ1) is 8.22. The van der Waals surface area contributed by atoms with Gasteiger partial charge in [-0.15, -0.1) is 21.8 Å². The molecule has 98 valence electrons. The molecule has 1 aromatic heterocycles. The molecule has 0 saturated carbocycles. The maximum Gasteiger partial charge on any atom is 0.148 e. The van der Waals surface area contributed by atoms with Crippen LogP contribution in [0.4, 0.5) is 0 Å². The molecule has 0 fully saturated rings. The van der Waals surface area contributed by atoms with E-state index in [9.17, 15) is 0 Å². The zero-order valence-electron chi connectivity index (χ0n) is 10.6. The van der Waals surface area contributed by atoms with Crippen LogP contribution in [-0.2, 0) is 28.3 Å². The van der Waals surface area contributed by atoms with Crippen molar-refractivity contribution in [3.63, 3.8) is 0 Å².